The number of amides is 2. The number of benzene rings is 1. The summed E-state index contributed by atoms with van der Waals surface area (Å²) in [5.41, 5.74) is 0.925. The van der Waals surface area contributed by atoms with Gasteiger partial charge in [-0.15, -0.1) is 0 Å². The average molecular weight is 451 g/mol. The molecule has 0 aliphatic carbocycles. The second kappa shape index (κ2) is 11.9. The first-order chi connectivity index (χ1) is 14.9. The van der Waals surface area contributed by atoms with E-state index in [0.717, 1.165) is 5.56 Å². The lowest BCUT2D eigenvalue weighted by Gasteiger charge is -2.11. The summed E-state index contributed by atoms with van der Waals surface area (Å²) < 4.78 is 37.3. The molecule has 0 atom stereocenters. The largest absolute Gasteiger partial charge is 0.493 e. The van der Waals surface area contributed by atoms with Crippen LogP contribution in [0.3, 0.4) is 0 Å². The van der Waals surface area contributed by atoms with Crippen LogP contribution in [0.5, 0.6) is 11.5 Å². The number of hydrogen-bond donors (Lipinski definition) is 3. The normalized spacial score (nSPS) is 10.9. The number of pyridine rings is 1. The van der Waals surface area contributed by atoms with Crippen molar-refractivity contribution in [2.75, 3.05) is 27.3 Å². The minimum absolute atomic E-state index is 0.00331. The van der Waals surface area contributed by atoms with E-state index in [2.05, 4.69) is 20.3 Å². The fourth-order valence-corrected chi connectivity index (χ4v) is 3.61. The zero-order chi connectivity index (χ0) is 22.7. The Morgan fingerprint density at radius 2 is 1.55 bits per heavy atom. The third kappa shape index (κ3) is 7.87. The van der Waals surface area contributed by atoms with Crippen molar-refractivity contribution in [3.8, 4) is 11.5 Å². The van der Waals surface area contributed by atoms with Crippen LogP contribution in [-0.4, -0.2) is 52.5 Å². The summed E-state index contributed by atoms with van der Waals surface area (Å²) in [5.74, 6) is 0.124. The molecule has 1 heterocycles. The molecular formula is C20H26N4O6S. The second-order valence-corrected chi connectivity index (χ2v) is 8.16. The quantitative estimate of drug-likeness (QED) is 0.431. The maximum absolute atomic E-state index is 12.4. The first-order valence-electron chi connectivity index (χ1n) is 9.49. The van der Waals surface area contributed by atoms with Gasteiger partial charge < -0.3 is 20.1 Å². The number of methoxy groups -OCH3 is 2. The molecule has 0 radical (unpaired) electrons. The van der Waals surface area contributed by atoms with E-state index in [0.29, 0.717) is 12.3 Å². The number of sulfonamides is 1. The summed E-state index contributed by atoms with van der Waals surface area (Å²) in [6.45, 7) is 0.452. The van der Waals surface area contributed by atoms with Crippen LogP contribution in [0.1, 0.15) is 18.4 Å². The number of nitrogens with one attached hydrogen (secondary N) is 3. The molecule has 2 amide bonds. The molecule has 1 aromatic carbocycles. The van der Waals surface area contributed by atoms with E-state index in [9.17, 15) is 18.0 Å². The zero-order valence-corrected chi connectivity index (χ0v) is 18.2. The smallest absolute Gasteiger partial charge is 0.240 e. The number of nitrogens with zero attached hydrogens (tertiary/aromatic N) is 1. The van der Waals surface area contributed by atoms with Crippen LogP contribution < -0.4 is 24.8 Å². The van der Waals surface area contributed by atoms with E-state index in [1.165, 1.54) is 32.4 Å². The molecule has 3 N–H and O–H groups in total. The molecule has 11 heteroatoms. The van der Waals surface area contributed by atoms with Crippen molar-refractivity contribution >= 4 is 21.8 Å². The molecule has 2 rings (SSSR count). The summed E-state index contributed by atoms with van der Waals surface area (Å²) in [7, 11) is -0.955. The number of ether oxygens (including phenoxy) is 2. The van der Waals surface area contributed by atoms with E-state index in [1.807, 2.05) is 0 Å². The molecule has 2 aromatic rings. The lowest BCUT2D eigenvalue weighted by Crippen LogP contribution is -2.33. The van der Waals surface area contributed by atoms with Gasteiger partial charge in [0.05, 0.1) is 19.1 Å². The van der Waals surface area contributed by atoms with Gasteiger partial charge in [-0.25, -0.2) is 13.1 Å². The Labute approximate surface area is 181 Å². The Hall–Kier alpha value is -3.18. The fraction of sp³-hybridized carbons (Fsp3) is 0.350. The fourth-order valence-electron chi connectivity index (χ4n) is 2.56. The van der Waals surface area contributed by atoms with Crippen molar-refractivity contribution in [1.82, 2.24) is 20.3 Å². The monoisotopic (exact) mass is 450 g/mol. The Kier molecular flexibility index (Phi) is 9.22. The van der Waals surface area contributed by atoms with Crippen molar-refractivity contribution in [3.63, 3.8) is 0 Å². The van der Waals surface area contributed by atoms with Gasteiger partial charge in [0, 0.05) is 50.9 Å². The van der Waals surface area contributed by atoms with Gasteiger partial charge in [0.1, 0.15) is 0 Å². The molecule has 0 bridgehead atoms. The highest BCUT2D eigenvalue weighted by Crippen LogP contribution is 2.29. The van der Waals surface area contributed by atoms with Crippen LogP contribution >= 0.6 is 0 Å². The van der Waals surface area contributed by atoms with E-state index in [4.69, 9.17) is 9.47 Å². The van der Waals surface area contributed by atoms with Gasteiger partial charge in [-0.1, -0.05) is 0 Å². The highest BCUT2D eigenvalue weighted by Gasteiger charge is 2.17. The van der Waals surface area contributed by atoms with Crippen molar-refractivity contribution in [3.05, 3.63) is 48.3 Å². The Bertz CT molecular complexity index is 982. The third-order valence-corrected chi connectivity index (χ3v) is 5.68. The van der Waals surface area contributed by atoms with E-state index < -0.39 is 10.0 Å². The van der Waals surface area contributed by atoms with Gasteiger partial charge in [-0.05, 0) is 29.8 Å². The highest BCUT2D eigenvalue weighted by molar-refractivity contribution is 7.89. The molecule has 0 aliphatic heterocycles. The lowest BCUT2D eigenvalue weighted by atomic mass is 10.2. The Balaban J connectivity index is 1.69. The number of carbonyl (C=O) groups is 2. The van der Waals surface area contributed by atoms with E-state index in [1.54, 1.807) is 24.5 Å². The molecule has 1 aromatic heterocycles. The predicted molar refractivity (Wildman–Crippen MR) is 113 cm³/mol. The molecule has 0 fully saturated rings. The molecule has 168 valence electrons. The first-order valence-corrected chi connectivity index (χ1v) is 11.0. The first kappa shape index (κ1) is 24.1. The zero-order valence-electron chi connectivity index (χ0n) is 17.4. The van der Waals surface area contributed by atoms with Crippen LogP contribution in [0.4, 0.5) is 0 Å². The maximum Gasteiger partial charge on any atom is 0.240 e. The molecule has 0 aliphatic rings. The summed E-state index contributed by atoms with van der Waals surface area (Å²) in [5, 5.41) is 5.33. The van der Waals surface area contributed by atoms with Crippen LogP contribution in [0.2, 0.25) is 0 Å². The van der Waals surface area contributed by atoms with Gasteiger partial charge in [0.15, 0.2) is 11.5 Å². The van der Waals surface area contributed by atoms with Crippen LogP contribution in [0, 0.1) is 0 Å². The molecule has 10 nitrogen and oxygen atoms in total. The molecule has 0 unspecified atom stereocenters. The van der Waals surface area contributed by atoms with Gasteiger partial charge >= 0.3 is 0 Å². The SMILES string of the molecule is COc1ccc(S(=O)(=O)NCCC(=O)NCCC(=O)NCc2ccncc2)cc1OC. The second-order valence-electron chi connectivity index (χ2n) is 6.40. The van der Waals surface area contributed by atoms with Gasteiger partial charge in [0.2, 0.25) is 21.8 Å². The van der Waals surface area contributed by atoms with Crippen molar-refractivity contribution in [2.45, 2.75) is 24.3 Å². The van der Waals surface area contributed by atoms with E-state index in [-0.39, 0.29) is 48.4 Å². The minimum atomic E-state index is -3.82. The summed E-state index contributed by atoms with van der Waals surface area (Å²) in [6, 6.07) is 7.80. The predicted octanol–water partition coefficient (Wildman–Crippen LogP) is 0.590. The molecule has 0 spiro atoms. The van der Waals surface area contributed by atoms with Gasteiger partial charge in [-0.3, -0.25) is 14.6 Å². The maximum atomic E-state index is 12.4. The summed E-state index contributed by atoms with van der Waals surface area (Å²) in [6.07, 6.45) is 3.33. The molecular weight excluding hydrogens is 424 g/mol. The van der Waals surface area contributed by atoms with Crippen LogP contribution in [0.15, 0.2) is 47.6 Å². The Morgan fingerprint density at radius 1 is 0.903 bits per heavy atom. The minimum Gasteiger partial charge on any atom is -0.493 e. The Morgan fingerprint density at radius 3 is 2.23 bits per heavy atom. The van der Waals surface area contributed by atoms with Gasteiger partial charge in [0.25, 0.3) is 0 Å². The topological polar surface area (TPSA) is 136 Å². The van der Waals surface area contributed by atoms with Gasteiger partial charge in [-0.2, -0.15) is 0 Å². The van der Waals surface area contributed by atoms with Crippen molar-refractivity contribution < 1.29 is 27.5 Å². The summed E-state index contributed by atoms with van der Waals surface area (Å²) >= 11 is 0. The molecule has 0 saturated heterocycles. The molecule has 0 saturated carbocycles. The third-order valence-electron chi connectivity index (χ3n) is 4.22. The number of aromatic nitrogens is 1. The highest BCUT2D eigenvalue weighted by atomic mass is 32.2. The lowest BCUT2D eigenvalue weighted by molar-refractivity contribution is -0.122. The van der Waals surface area contributed by atoms with Crippen molar-refractivity contribution in [1.29, 1.82) is 0 Å². The summed E-state index contributed by atoms with van der Waals surface area (Å²) in [4.78, 5) is 27.6. The average Bonchev–Trinajstić information content (AvgIpc) is 2.77. The number of hydrogen-bond acceptors (Lipinski definition) is 7. The number of carbonyl (C=O) groups excluding carboxylic acids is 2. The standard InChI is InChI=1S/C20H26N4O6S/c1-29-17-4-3-16(13-18(17)30-2)31(27,28)24-12-8-19(25)22-11-7-20(26)23-14-15-5-9-21-10-6-15/h3-6,9-10,13,24H,7-8,11-12,14H2,1-2H3,(H,22,25)(H,23,26). The number of rotatable bonds is 12. The van der Waals surface area contributed by atoms with Crippen LogP contribution in [-0.2, 0) is 26.2 Å². The molecule has 31 heavy (non-hydrogen) atoms. The van der Waals surface area contributed by atoms with Crippen LogP contribution in [0.25, 0.3) is 0 Å². The van der Waals surface area contributed by atoms with E-state index >= 15 is 0 Å². The van der Waals surface area contributed by atoms with Crippen molar-refractivity contribution in [2.24, 2.45) is 0 Å².